The molecule has 9 heteroatoms. The number of hydrogen-bond donors (Lipinski definition) is 0. The van der Waals surface area contributed by atoms with E-state index in [1.807, 2.05) is 0 Å². The van der Waals surface area contributed by atoms with Crippen LogP contribution in [0.15, 0.2) is 40.4 Å². The molecule has 22 heavy (non-hydrogen) atoms. The molecule has 0 N–H and O–H groups in total. The van der Waals surface area contributed by atoms with Crippen molar-refractivity contribution in [2.45, 2.75) is 30.4 Å². The van der Waals surface area contributed by atoms with E-state index in [0.717, 1.165) is 19.1 Å². The third-order valence-corrected chi connectivity index (χ3v) is 6.69. The van der Waals surface area contributed by atoms with Gasteiger partial charge in [0.15, 0.2) is 0 Å². The summed E-state index contributed by atoms with van der Waals surface area (Å²) in [7, 11) is -8.37. The summed E-state index contributed by atoms with van der Waals surface area (Å²) in [6, 6.07) is 7.22. The second-order valence-corrected chi connectivity index (χ2v) is 8.90. The Morgan fingerprint density at radius 1 is 1.18 bits per heavy atom. The molecule has 1 unspecified atom stereocenters. The maximum Gasteiger partial charge on any atom is 0.289 e. The van der Waals surface area contributed by atoms with Crippen LogP contribution in [0.3, 0.4) is 0 Å². The number of hydrogen-bond acceptors (Lipinski definition) is 7. The zero-order chi connectivity index (χ0) is 16.2. The van der Waals surface area contributed by atoms with E-state index in [0.29, 0.717) is 13.0 Å². The monoisotopic (exact) mass is 347 g/mol. The highest BCUT2D eigenvalue weighted by molar-refractivity contribution is 8.31. The summed E-state index contributed by atoms with van der Waals surface area (Å²) in [4.78, 5) is 4.83. The molecule has 1 aromatic rings. The van der Waals surface area contributed by atoms with Crippen LogP contribution in [-0.2, 0) is 29.2 Å². The Labute approximate surface area is 129 Å². The molecule has 0 aliphatic carbocycles. The molecule has 1 saturated heterocycles. The van der Waals surface area contributed by atoms with Crippen LogP contribution >= 0.6 is 0 Å². The lowest BCUT2D eigenvalue weighted by Gasteiger charge is -2.20. The van der Waals surface area contributed by atoms with Gasteiger partial charge >= 0.3 is 0 Å². The van der Waals surface area contributed by atoms with Crippen LogP contribution < -0.4 is 0 Å². The first-order valence-corrected chi connectivity index (χ1v) is 10.0. The maximum atomic E-state index is 12.4. The molecule has 2 rings (SSSR count). The Kier molecular flexibility index (Phi) is 5.20. The van der Waals surface area contributed by atoms with Gasteiger partial charge in [-0.25, -0.2) is 16.8 Å². The fourth-order valence-electron chi connectivity index (χ4n) is 1.91. The second-order valence-electron chi connectivity index (χ2n) is 4.85. The van der Waals surface area contributed by atoms with E-state index in [1.165, 1.54) is 24.3 Å². The highest BCUT2D eigenvalue weighted by Crippen LogP contribution is 2.18. The van der Waals surface area contributed by atoms with E-state index >= 15 is 0 Å². The summed E-state index contributed by atoms with van der Waals surface area (Å²) in [5.74, 6) is 0. The highest BCUT2D eigenvalue weighted by Gasteiger charge is 2.32. The van der Waals surface area contributed by atoms with Crippen molar-refractivity contribution in [3.05, 3.63) is 30.3 Å². The lowest BCUT2D eigenvalue weighted by molar-refractivity contribution is -0.161. The summed E-state index contributed by atoms with van der Waals surface area (Å²) < 4.78 is 52.7. The third-order valence-electron chi connectivity index (χ3n) is 2.98. The smallest absolute Gasteiger partial charge is 0.289 e. The van der Waals surface area contributed by atoms with Crippen LogP contribution in [0, 0.1) is 0 Å². The average molecular weight is 347 g/mol. The molecular formula is C13H17NO6S2. The fourth-order valence-corrected chi connectivity index (χ4v) is 4.83. The van der Waals surface area contributed by atoms with E-state index in [1.54, 1.807) is 6.07 Å². The van der Waals surface area contributed by atoms with Gasteiger partial charge in [-0.15, -0.1) is 0 Å². The predicted octanol–water partition coefficient (Wildman–Crippen LogP) is 1.32. The molecular weight excluding hydrogens is 330 g/mol. The molecule has 1 atom stereocenters. The molecule has 1 aliphatic heterocycles. The number of ether oxygens (including phenoxy) is 1. The van der Waals surface area contributed by atoms with E-state index in [-0.39, 0.29) is 4.90 Å². The first-order chi connectivity index (χ1) is 10.3. The van der Waals surface area contributed by atoms with Gasteiger partial charge in [-0.05, 0) is 25.0 Å². The first-order valence-electron chi connectivity index (χ1n) is 6.67. The standard InChI is InChI=1S/C13H17NO6S2/c1-21(15,16)13(14-20-12-9-5-6-10-19-12)22(17,18)11-7-3-2-4-8-11/h2-4,7-8,12H,5-6,9-10H2,1H3. The minimum absolute atomic E-state index is 0.160. The molecule has 1 fully saturated rings. The second kappa shape index (κ2) is 6.76. The number of oxime groups is 1. The van der Waals surface area contributed by atoms with Gasteiger partial charge in [0.05, 0.1) is 11.5 Å². The molecule has 0 bridgehead atoms. The van der Waals surface area contributed by atoms with Crippen LogP contribution in [0.5, 0.6) is 0 Å². The van der Waals surface area contributed by atoms with Gasteiger partial charge in [-0.2, -0.15) is 0 Å². The molecule has 0 spiro atoms. The average Bonchev–Trinajstić information content (AvgIpc) is 2.48. The molecule has 0 aromatic heterocycles. The van der Waals surface area contributed by atoms with E-state index < -0.39 is 30.3 Å². The Balaban J connectivity index is 2.34. The number of benzene rings is 1. The summed E-state index contributed by atoms with van der Waals surface area (Å²) >= 11 is 0. The van der Waals surface area contributed by atoms with E-state index in [4.69, 9.17) is 9.57 Å². The molecule has 0 amide bonds. The predicted molar refractivity (Wildman–Crippen MR) is 80.6 cm³/mol. The Bertz CT molecular complexity index is 734. The number of rotatable bonds is 3. The van der Waals surface area contributed by atoms with Crippen molar-refractivity contribution in [3.8, 4) is 0 Å². The van der Waals surface area contributed by atoms with Crippen LogP contribution in [0.1, 0.15) is 19.3 Å². The third kappa shape index (κ3) is 4.05. The minimum atomic E-state index is -4.28. The van der Waals surface area contributed by atoms with Crippen LogP contribution in [0.25, 0.3) is 0 Å². The van der Waals surface area contributed by atoms with Crippen molar-refractivity contribution in [3.63, 3.8) is 0 Å². The van der Waals surface area contributed by atoms with Crippen LogP contribution in [0.4, 0.5) is 0 Å². The Morgan fingerprint density at radius 3 is 2.41 bits per heavy atom. The normalized spacial score (nSPS) is 20.6. The maximum absolute atomic E-state index is 12.4. The number of nitrogens with zero attached hydrogens (tertiary/aromatic N) is 1. The van der Waals surface area contributed by atoms with Crippen LogP contribution in [0.2, 0.25) is 0 Å². The molecule has 7 nitrogen and oxygen atoms in total. The van der Waals surface area contributed by atoms with Crippen LogP contribution in [-0.4, -0.2) is 40.4 Å². The molecule has 1 aliphatic rings. The van der Waals surface area contributed by atoms with Gasteiger partial charge < -0.3 is 9.57 Å². The summed E-state index contributed by atoms with van der Waals surface area (Å²) in [6.45, 7) is 0.472. The highest BCUT2D eigenvalue weighted by atomic mass is 32.3. The van der Waals surface area contributed by atoms with Crippen molar-refractivity contribution in [2.24, 2.45) is 5.16 Å². The lowest BCUT2D eigenvalue weighted by Crippen LogP contribution is -2.27. The molecule has 1 aromatic carbocycles. The fraction of sp³-hybridized carbons (Fsp3) is 0.462. The lowest BCUT2D eigenvalue weighted by atomic mass is 10.2. The topological polar surface area (TPSA) is 99.1 Å². The van der Waals surface area contributed by atoms with Gasteiger partial charge in [-0.1, -0.05) is 23.4 Å². The van der Waals surface area contributed by atoms with Gasteiger partial charge in [-0.3, -0.25) is 0 Å². The van der Waals surface area contributed by atoms with Gasteiger partial charge in [0, 0.05) is 12.7 Å². The SMILES string of the molecule is CS(=O)(=O)C(=NOC1CCCCO1)S(=O)(=O)c1ccccc1. The first kappa shape index (κ1) is 16.9. The Morgan fingerprint density at radius 2 is 1.86 bits per heavy atom. The van der Waals surface area contributed by atoms with Gasteiger partial charge in [0.1, 0.15) is 0 Å². The molecule has 0 saturated carbocycles. The minimum Gasteiger partial charge on any atom is -0.362 e. The van der Waals surface area contributed by atoms with Crippen molar-refractivity contribution in [1.82, 2.24) is 0 Å². The van der Waals surface area contributed by atoms with E-state index in [2.05, 4.69) is 5.16 Å². The summed E-state index contributed by atoms with van der Waals surface area (Å²) in [6.07, 6.45) is 2.31. The zero-order valence-corrected chi connectivity index (χ0v) is 13.6. The van der Waals surface area contributed by atoms with Crippen molar-refractivity contribution < 1.29 is 26.4 Å². The molecule has 1 heterocycles. The van der Waals surface area contributed by atoms with E-state index in [9.17, 15) is 16.8 Å². The quantitative estimate of drug-likeness (QED) is 0.464. The zero-order valence-electron chi connectivity index (χ0n) is 12.0. The number of sulfone groups is 2. The molecule has 122 valence electrons. The summed E-state index contributed by atoms with van der Waals surface area (Å²) in [5, 5.41) is 3.38. The largest absolute Gasteiger partial charge is 0.362 e. The Hall–Kier alpha value is -1.45. The van der Waals surface area contributed by atoms with Crippen molar-refractivity contribution in [1.29, 1.82) is 0 Å². The molecule has 0 radical (unpaired) electrons. The van der Waals surface area contributed by atoms with Crippen molar-refractivity contribution >= 4 is 24.1 Å². The van der Waals surface area contributed by atoms with Gasteiger partial charge in [0.2, 0.25) is 26.0 Å². The van der Waals surface area contributed by atoms with Gasteiger partial charge in [0.25, 0.3) is 4.38 Å². The summed E-state index contributed by atoms with van der Waals surface area (Å²) in [5.41, 5.74) is 0. The van der Waals surface area contributed by atoms with Crippen molar-refractivity contribution in [2.75, 3.05) is 12.9 Å².